The van der Waals surface area contributed by atoms with Gasteiger partial charge in [0.15, 0.2) is 0 Å². The fourth-order valence-corrected chi connectivity index (χ4v) is 4.12. The molecule has 1 N–H and O–H groups in total. The van der Waals surface area contributed by atoms with Crippen molar-refractivity contribution in [1.29, 1.82) is 0 Å². The lowest BCUT2D eigenvalue weighted by Gasteiger charge is -2.34. The summed E-state index contributed by atoms with van der Waals surface area (Å²) in [5, 5.41) is 7.87. The van der Waals surface area contributed by atoms with E-state index in [0.29, 0.717) is 23.3 Å². The third-order valence-electron chi connectivity index (χ3n) is 5.30. The number of halogens is 1. The Morgan fingerprint density at radius 2 is 2.16 bits per heavy atom. The third-order valence-corrected chi connectivity index (χ3v) is 5.51. The van der Waals surface area contributed by atoms with Crippen molar-refractivity contribution in [2.24, 2.45) is 0 Å². The first-order chi connectivity index (χ1) is 12.1. The summed E-state index contributed by atoms with van der Waals surface area (Å²) < 4.78 is 2.07. The molecular weight excluding hydrogens is 338 g/mol. The molecular formula is C18H22ClN5O. The van der Waals surface area contributed by atoms with Crippen LogP contribution in [0.15, 0.2) is 24.5 Å². The second kappa shape index (κ2) is 6.67. The van der Waals surface area contributed by atoms with E-state index >= 15 is 0 Å². The van der Waals surface area contributed by atoms with Crippen LogP contribution in [0.25, 0.3) is 0 Å². The highest BCUT2D eigenvalue weighted by Gasteiger charge is 2.32. The lowest BCUT2D eigenvalue weighted by Crippen LogP contribution is -2.47. The number of rotatable bonds is 2. The lowest BCUT2D eigenvalue weighted by molar-refractivity contribution is 0.161. The molecule has 2 aromatic rings. The van der Waals surface area contributed by atoms with Gasteiger partial charge < -0.3 is 10.2 Å². The number of fused-ring (bicyclic) bond motifs is 1. The number of pyridine rings is 1. The Kier molecular flexibility index (Phi) is 4.37. The molecule has 1 fully saturated rings. The zero-order chi connectivity index (χ0) is 17.4. The Hall–Kier alpha value is -2.08. The molecule has 7 heteroatoms. The number of nitrogens with zero attached hydrogens (tertiary/aromatic N) is 4. The van der Waals surface area contributed by atoms with Crippen LogP contribution >= 0.6 is 11.6 Å². The van der Waals surface area contributed by atoms with E-state index in [0.717, 1.165) is 6.54 Å². The maximum atomic E-state index is 12.8. The van der Waals surface area contributed by atoms with Crippen LogP contribution in [-0.4, -0.2) is 31.7 Å². The predicted molar refractivity (Wildman–Crippen MR) is 96.7 cm³/mol. The Balaban J connectivity index is 1.53. The van der Waals surface area contributed by atoms with Crippen molar-refractivity contribution in [3.63, 3.8) is 0 Å². The summed E-state index contributed by atoms with van der Waals surface area (Å²) in [6, 6.07) is 3.37. The molecule has 6 nitrogen and oxygen atoms in total. The highest BCUT2D eigenvalue weighted by atomic mass is 35.5. The Morgan fingerprint density at radius 3 is 2.92 bits per heavy atom. The SMILES string of the molecule is CC1Cn2ncc(C3CCCC3)c2CN1C(=O)Nc1ccnc(Cl)c1. The van der Waals surface area contributed by atoms with Gasteiger partial charge in [-0.3, -0.25) is 4.68 Å². The standard InChI is InChI=1S/C18H22ClN5O/c1-12-10-24-16(15(9-21-24)13-4-2-3-5-13)11-23(12)18(25)22-14-6-7-20-17(19)8-14/h6-9,12-13H,2-5,10-11H2,1H3,(H,20,22,25). The molecule has 1 aliphatic carbocycles. The van der Waals surface area contributed by atoms with Gasteiger partial charge in [-0.1, -0.05) is 24.4 Å². The van der Waals surface area contributed by atoms with Gasteiger partial charge in [0.05, 0.1) is 31.0 Å². The van der Waals surface area contributed by atoms with Crippen molar-refractivity contribution in [1.82, 2.24) is 19.7 Å². The Bertz CT molecular complexity index is 784. The molecule has 4 rings (SSSR count). The maximum Gasteiger partial charge on any atom is 0.322 e. The topological polar surface area (TPSA) is 63.1 Å². The smallest absolute Gasteiger partial charge is 0.314 e. The number of hydrogen-bond acceptors (Lipinski definition) is 3. The highest BCUT2D eigenvalue weighted by Crippen LogP contribution is 2.37. The summed E-state index contributed by atoms with van der Waals surface area (Å²) in [6.07, 6.45) is 8.65. The fraction of sp³-hybridized carbons (Fsp3) is 0.500. The van der Waals surface area contributed by atoms with E-state index in [2.05, 4.69) is 27.0 Å². The van der Waals surface area contributed by atoms with Crippen LogP contribution in [0.1, 0.15) is 49.8 Å². The summed E-state index contributed by atoms with van der Waals surface area (Å²) in [7, 11) is 0. The van der Waals surface area contributed by atoms with E-state index in [-0.39, 0.29) is 12.1 Å². The van der Waals surface area contributed by atoms with Gasteiger partial charge in [0.25, 0.3) is 0 Å². The van der Waals surface area contributed by atoms with Crippen LogP contribution in [0, 0.1) is 0 Å². The molecule has 0 spiro atoms. The molecule has 2 aromatic heterocycles. The van der Waals surface area contributed by atoms with Gasteiger partial charge in [0, 0.05) is 11.9 Å². The quantitative estimate of drug-likeness (QED) is 0.823. The molecule has 2 amide bonds. The predicted octanol–water partition coefficient (Wildman–Crippen LogP) is 4.03. The van der Waals surface area contributed by atoms with Crippen molar-refractivity contribution in [3.8, 4) is 0 Å². The van der Waals surface area contributed by atoms with Crippen LogP contribution < -0.4 is 5.32 Å². The molecule has 1 saturated carbocycles. The minimum Gasteiger partial charge on any atom is -0.314 e. The van der Waals surface area contributed by atoms with Crippen LogP contribution in [0.3, 0.4) is 0 Å². The second-order valence-corrected chi connectivity index (χ2v) is 7.37. The first-order valence-corrected chi connectivity index (χ1v) is 9.23. The van der Waals surface area contributed by atoms with Gasteiger partial charge in [-0.2, -0.15) is 5.10 Å². The molecule has 1 atom stereocenters. The Labute approximate surface area is 152 Å². The lowest BCUT2D eigenvalue weighted by atomic mass is 9.97. The van der Waals surface area contributed by atoms with Crippen LogP contribution in [0.5, 0.6) is 0 Å². The maximum absolute atomic E-state index is 12.8. The molecule has 1 aliphatic heterocycles. The van der Waals surface area contributed by atoms with Gasteiger partial charge in [0.2, 0.25) is 0 Å². The number of hydrogen-bond donors (Lipinski definition) is 1. The van der Waals surface area contributed by atoms with E-state index in [1.807, 2.05) is 11.1 Å². The van der Waals surface area contributed by atoms with Gasteiger partial charge in [-0.15, -0.1) is 0 Å². The number of carbonyl (C=O) groups excluding carboxylic acids is 1. The summed E-state index contributed by atoms with van der Waals surface area (Å²) in [5.41, 5.74) is 3.18. The number of carbonyl (C=O) groups is 1. The summed E-state index contributed by atoms with van der Waals surface area (Å²) in [5.74, 6) is 0.598. The minimum atomic E-state index is -0.111. The number of anilines is 1. The number of nitrogens with one attached hydrogen (secondary N) is 1. The number of amides is 2. The monoisotopic (exact) mass is 359 g/mol. The number of aromatic nitrogens is 3. The second-order valence-electron chi connectivity index (χ2n) is 6.98. The van der Waals surface area contributed by atoms with Gasteiger partial charge >= 0.3 is 6.03 Å². The van der Waals surface area contributed by atoms with Crippen molar-refractivity contribution in [2.75, 3.05) is 5.32 Å². The molecule has 0 bridgehead atoms. The zero-order valence-electron chi connectivity index (χ0n) is 14.3. The van der Waals surface area contributed by atoms with Crippen LogP contribution in [0.2, 0.25) is 5.15 Å². The van der Waals surface area contributed by atoms with Gasteiger partial charge in [-0.05, 0) is 43.4 Å². The number of urea groups is 1. The molecule has 132 valence electrons. The Morgan fingerprint density at radius 1 is 1.36 bits per heavy atom. The van der Waals surface area contributed by atoms with Crippen LogP contribution in [0.4, 0.5) is 10.5 Å². The largest absolute Gasteiger partial charge is 0.322 e. The third kappa shape index (κ3) is 3.23. The van der Waals surface area contributed by atoms with Crippen molar-refractivity contribution in [3.05, 3.63) is 40.9 Å². The summed E-state index contributed by atoms with van der Waals surface area (Å²) in [6.45, 7) is 3.38. The fourth-order valence-electron chi connectivity index (χ4n) is 3.95. The van der Waals surface area contributed by atoms with E-state index in [9.17, 15) is 4.79 Å². The molecule has 2 aliphatic rings. The molecule has 0 radical (unpaired) electrons. The molecule has 1 unspecified atom stereocenters. The van der Waals surface area contributed by atoms with E-state index in [1.54, 1.807) is 18.3 Å². The van der Waals surface area contributed by atoms with Crippen LogP contribution in [-0.2, 0) is 13.1 Å². The zero-order valence-corrected chi connectivity index (χ0v) is 15.0. The first-order valence-electron chi connectivity index (χ1n) is 8.85. The molecule has 0 aromatic carbocycles. The van der Waals surface area contributed by atoms with E-state index in [4.69, 9.17) is 11.6 Å². The summed E-state index contributed by atoms with van der Waals surface area (Å²) >= 11 is 5.90. The molecule has 3 heterocycles. The van der Waals surface area contributed by atoms with E-state index < -0.39 is 0 Å². The molecule has 0 saturated heterocycles. The van der Waals surface area contributed by atoms with Gasteiger partial charge in [0.1, 0.15) is 5.15 Å². The van der Waals surface area contributed by atoms with E-state index in [1.165, 1.54) is 36.9 Å². The van der Waals surface area contributed by atoms with Crippen molar-refractivity contribution in [2.45, 2.75) is 57.7 Å². The van der Waals surface area contributed by atoms with Gasteiger partial charge in [-0.25, -0.2) is 9.78 Å². The summed E-state index contributed by atoms with van der Waals surface area (Å²) in [4.78, 5) is 18.6. The average molecular weight is 360 g/mol. The average Bonchev–Trinajstić information content (AvgIpc) is 3.22. The first kappa shape index (κ1) is 16.4. The van der Waals surface area contributed by atoms with Crippen molar-refractivity contribution >= 4 is 23.3 Å². The van der Waals surface area contributed by atoms with Crippen molar-refractivity contribution < 1.29 is 4.79 Å². The normalized spacial score (nSPS) is 20.6. The molecule has 25 heavy (non-hydrogen) atoms. The highest BCUT2D eigenvalue weighted by molar-refractivity contribution is 6.29. The minimum absolute atomic E-state index is 0.0844.